The molecule has 3 heterocycles. The molecule has 0 bridgehead atoms. The zero-order valence-electron chi connectivity index (χ0n) is 21.0. The van der Waals surface area contributed by atoms with Crippen molar-refractivity contribution in [2.24, 2.45) is 0 Å². The van der Waals surface area contributed by atoms with E-state index in [2.05, 4.69) is 26.2 Å². The van der Waals surface area contributed by atoms with Gasteiger partial charge in [-0.1, -0.05) is 30.3 Å². The number of aromatic nitrogens is 3. The second kappa shape index (κ2) is 9.40. The zero-order chi connectivity index (χ0) is 25.5. The molecule has 1 aliphatic heterocycles. The van der Waals surface area contributed by atoms with Crippen LogP contribution in [-0.4, -0.2) is 58.5 Å². The number of benzene rings is 2. The molecule has 6 rings (SSSR count). The molecular weight excluding hydrogens is 468 g/mol. The third kappa shape index (κ3) is 4.35. The van der Waals surface area contributed by atoms with Gasteiger partial charge in [-0.3, -0.25) is 4.79 Å². The Balaban J connectivity index is 1.45. The first-order valence-corrected chi connectivity index (χ1v) is 12.6. The van der Waals surface area contributed by atoms with Crippen LogP contribution in [0.2, 0.25) is 0 Å². The van der Waals surface area contributed by atoms with Gasteiger partial charge in [-0.2, -0.15) is 0 Å². The summed E-state index contributed by atoms with van der Waals surface area (Å²) < 4.78 is 6.94. The summed E-state index contributed by atoms with van der Waals surface area (Å²) in [6.45, 7) is 0.615. The van der Waals surface area contributed by atoms with Crippen LogP contribution in [0.15, 0.2) is 60.8 Å². The summed E-state index contributed by atoms with van der Waals surface area (Å²) in [5.41, 5.74) is 5.13. The van der Waals surface area contributed by atoms with Crippen LogP contribution < -0.4 is 19.9 Å². The highest BCUT2D eigenvalue weighted by Crippen LogP contribution is 2.39. The lowest BCUT2D eigenvalue weighted by molar-refractivity contribution is 0.0944. The van der Waals surface area contributed by atoms with Gasteiger partial charge in [-0.15, -0.1) is 5.10 Å². The molecule has 0 unspecified atom stereocenters. The Bertz CT molecular complexity index is 1450. The van der Waals surface area contributed by atoms with Gasteiger partial charge in [-0.05, 0) is 48.6 Å². The minimum Gasteiger partial charge on any atom is -0.497 e. The molecule has 1 aliphatic carbocycles. The van der Waals surface area contributed by atoms with E-state index in [9.17, 15) is 9.90 Å². The Hall–Kier alpha value is -4.11. The largest absolute Gasteiger partial charge is 0.497 e. The molecule has 4 aromatic rings. The summed E-state index contributed by atoms with van der Waals surface area (Å²) in [5, 5.41) is 18.2. The van der Waals surface area contributed by atoms with Crippen LogP contribution in [0.3, 0.4) is 0 Å². The van der Waals surface area contributed by atoms with Gasteiger partial charge in [0.1, 0.15) is 5.75 Å². The number of methoxy groups -OCH3 is 1. The monoisotopic (exact) mass is 498 g/mol. The van der Waals surface area contributed by atoms with Crippen molar-refractivity contribution in [2.75, 3.05) is 30.6 Å². The minimum atomic E-state index is -0.177. The lowest BCUT2D eigenvalue weighted by Crippen LogP contribution is -2.32. The maximum atomic E-state index is 13.1. The number of hydrogen-bond donors (Lipinski definition) is 2. The van der Waals surface area contributed by atoms with E-state index < -0.39 is 0 Å². The number of fused-ring (bicyclic) bond motifs is 2. The standard InChI is InChI=1S/C28H30N6O3/c1-32(16-18-7-11-22(37-2)12-8-18)24-14-26(33-21(17-35)13-19-5-3-4-6-23(19)33)31-34-25(15-29-27(24)34)28(36)30-20-9-10-20/h3-8,11-12,14-15,20-21,35H,9-10,13,16-17H2,1-2H3,(H,30,36)/t21-/m0/s1. The number of rotatable bonds is 8. The minimum absolute atomic E-state index is 0.00955. The van der Waals surface area contributed by atoms with E-state index in [1.807, 2.05) is 55.6 Å². The molecule has 9 heteroatoms. The van der Waals surface area contributed by atoms with Crippen molar-refractivity contribution in [3.8, 4) is 5.75 Å². The SMILES string of the molecule is COc1ccc(CN(C)c2cc(N3c4ccccc4C[C@H]3CO)nn3c(C(=O)NC4CC4)cnc23)cc1. The Morgan fingerprint density at radius 2 is 1.97 bits per heavy atom. The quantitative estimate of drug-likeness (QED) is 0.385. The molecule has 1 saturated carbocycles. The third-order valence-electron chi connectivity index (χ3n) is 7.10. The van der Waals surface area contributed by atoms with Gasteiger partial charge in [0.25, 0.3) is 5.91 Å². The van der Waals surface area contributed by atoms with E-state index in [4.69, 9.17) is 9.84 Å². The topological polar surface area (TPSA) is 95.2 Å². The normalized spacial score (nSPS) is 16.6. The fraction of sp³-hybridized carbons (Fsp3) is 0.321. The Kier molecular flexibility index (Phi) is 5.92. The first-order valence-electron chi connectivity index (χ1n) is 12.6. The number of para-hydroxylation sites is 1. The van der Waals surface area contributed by atoms with Gasteiger partial charge in [-0.25, -0.2) is 9.50 Å². The molecule has 2 aromatic carbocycles. The molecule has 190 valence electrons. The molecule has 1 amide bonds. The van der Waals surface area contributed by atoms with Crippen molar-refractivity contribution in [1.82, 2.24) is 19.9 Å². The highest BCUT2D eigenvalue weighted by Gasteiger charge is 2.32. The van der Waals surface area contributed by atoms with Crippen LogP contribution in [0.4, 0.5) is 17.2 Å². The Morgan fingerprint density at radius 1 is 1.19 bits per heavy atom. The van der Waals surface area contributed by atoms with Gasteiger partial charge >= 0.3 is 0 Å². The highest BCUT2D eigenvalue weighted by atomic mass is 16.5. The van der Waals surface area contributed by atoms with Crippen LogP contribution in [-0.2, 0) is 13.0 Å². The summed E-state index contributed by atoms with van der Waals surface area (Å²) in [7, 11) is 3.66. The van der Waals surface area contributed by atoms with Crippen molar-refractivity contribution in [3.05, 3.63) is 77.6 Å². The smallest absolute Gasteiger partial charge is 0.271 e. The molecule has 2 N–H and O–H groups in total. The first-order chi connectivity index (χ1) is 18.1. The maximum absolute atomic E-state index is 13.1. The lowest BCUT2D eigenvalue weighted by Gasteiger charge is -2.27. The molecule has 2 aliphatic rings. The Labute approximate surface area is 215 Å². The summed E-state index contributed by atoms with van der Waals surface area (Å²) in [6, 6.07) is 18.2. The second-order valence-corrected chi connectivity index (χ2v) is 9.76. The van der Waals surface area contributed by atoms with Crippen LogP contribution in [0.25, 0.3) is 5.65 Å². The van der Waals surface area contributed by atoms with Crippen molar-refractivity contribution in [3.63, 3.8) is 0 Å². The predicted molar refractivity (Wildman–Crippen MR) is 142 cm³/mol. The van der Waals surface area contributed by atoms with E-state index in [0.29, 0.717) is 23.7 Å². The third-order valence-corrected chi connectivity index (χ3v) is 7.10. The molecule has 1 fully saturated rings. The number of nitrogens with zero attached hydrogens (tertiary/aromatic N) is 5. The number of nitrogens with one attached hydrogen (secondary N) is 1. The number of imidazole rings is 1. The van der Waals surface area contributed by atoms with Gasteiger partial charge < -0.3 is 25.0 Å². The first kappa shape index (κ1) is 23.3. The van der Waals surface area contributed by atoms with Crippen molar-refractivity contribution in [1.29, 1.82) is 0 Å². The summed E-state index contributed by atoms with van der Waals surface area (Å²) in [4.78, 5) is 21.9. The molecule has 2 aromatic heterocycles. The van der Waals surface area contributed by atoms with Crippen LogP contribution in [0, 0.1) is 0 Å². The average molecular weight is 499 g/mol. The second-order valence-electron chi connectivity index (χ2n) is 9.76. The molecule has 0 saturated heterocycles. The van der Waals surface area contributed by atoms with Gasteiger partial charge in [0.05, 0.1) is 31.6 Å². The number of carbonyl (C=O) groups excluding carboxylic acids is 1. The summed E-state index contributed by atoms with van der Waals surface area (Å²) in [6.07, 6.45) is 4.32. The van der Waals surface area contributed by atoms with Crippen molar-refractivity contribution >= 4 is 28.7 Å². The summed E-state index contributed by atoms with van der Waals surface area (Å²) in [5.74, 6) is 1.29. The van der Waals surface area contributed by atoms with Crippen molar-refractivity contribution in [2.45, 2.75) is 37.9 Å². The molecule has 9 nitrogen and oxygen atoms in total. The number of ether oxygens (including phenoxy) is 1. The van der Waals surface area contributed by atoms with Crippen molar-refractivity contribution < 1.29 is 14.6 Å². The van der Waals surface area contributed by atoms with E-state index in [-0.39, 0.29) is 24.6 Å². The molecular formula is C28H30N6O3. The number of aliphatic hydroxyl groups excluding tert-OH is 1. The van der Waals surface area contributed by atoms with Gasteiger partial charge in [0.15, 0.2) is 17.2 Å². The number of hydrogen-bond acceptors (Lipinski definition) is 7. The van der Waals surface area contributed by atoms with E-state index in [1.165, 1.54) is 0 Å². The number of amides is 1. The van der Waals surface area contributed by atoms with Gasteiger partial charge in [0, 0.05) is 31.4 Å². The van der Waals surface area contributed by atoms with Gasteiger partial charge in [0.2, 0.25) is 0 Å². The fourth-order valence-corrected chi connectivity index (χ4v) is 4.99. The summed E-state index contributed by atoms with van der Waals surface area (Å²) >= 11 is 0. The predicted octanol–water partition coefficient (Wildman–Crippen LogP) is 3.32. The lowest BCUT2D eigenvalue weighted by atomic mass is 10.1. The van der Waals surface area contributed by atoms with E-state index in [0.717, 1.165) is 47.5 Å². The highest BCUT2D eigenvalue weighted by molar-refractivity contribution is 5.94. The molecule has 37 heavy (non-hydrogen) atoms. The van der Waals surface area contributed by atoms with E-state index >= 15 is 0 Å². The number of carbonyl (C=O) groups is 1. The Morgan fingerprint density at radius 3 is 2.70 bits per heavy atom. The molecule has 0 radical (unpaired) electrons. The number of anilines is 3. The zero-order valence-corrected chi connectivity index (χ0v) is 21.0. The van der Waals surface area contributed by atoms with Crippen LogP contribution >= 0.6 is 0 Å². The molecule has 1 atom stereocenters. The average Bonchev–Trinajstić information content (AvgIpc) is 3.49. The fourth-order valence-electron chi connectivity index (χ4n) is 4.99. The number of aliphatic hydroxyl groups is 1. The van der Waals surface area contributed by atoms with Crippen LogP contribution in [0.5, 0.6) is 5.75 Å². The maximum Gasteiger partial charge on any atom is 0.271 e. The molecule has 0 spiro atoms. The van der Waals surface area contributed by atoms with Crippen LogP contribution in [0.1, 0.15) is 34.5 Å². The van der Waals surface area contributed by atoms with E-state index in [1.54, 1.807) is 17.8 Å².